The molecule has 6 heteroatoms. The summed E-state index contributed by atoms with van der Waals surface area (Å²) < 4.78 is 5.07. The molecule has 0 atom stereocenters. The molecule has 0 saturated heterocycles. The molecule has 1 rings (SSSR count). The van der Waals surface area contributed by atoms with E-state index in [0.717, 1.165) is 63.0 Å². The van der Waals surface area contributed by atoms with E-state index in [1.807, 2.05) is 18.2 Å². The molecule has 5 nitrogen and oxygen atoms in total. The topological polar surface area (TPSA) is 48.9 Å². The van der Waals surface area contributed by atoms with Crippen LogP contribution in [0.3, 0.4) is 0 Å². The maximum Gasteiger partial charge on any atom is 0.191 e. The van der Waals surface area contributed by atoms with Gasteiger partial charge in [0.25, 0.3) is 0 Å². The maximum absolute atomic E-state index is 6.17. The molecule has 0 aliphatic rings. The molecule has 0 aromatic heterocycles. The van der Waals surface area contributed by atoms with Crippen LogP contribution in [0.15, 0.2) is 29.3 Å². The summed E-state index contributed by atoms with van der Waals surface area (Å²) in [6.45, 7) is 4.57. The van der Waals surface area contributed by atoms with Crippen molar-refractivity contribution in [2.75, 3.05) is 54.0 Å². The number of hydrogen-bond donors (Lipinski definition) is 2. The number of nitrogens with zero attached hydrogens (tertiary/aromatic N) is 2. The predicted octanol–water partition coefficient (Wildman–Crippen LogP) is 2.41. The van der Waals surface area contributed by atoms with Crippen molar-refractivity contribution >= 4 is 17.6 Å². The number of aryl methyl sites for hydroxylation is 1. The van der Waals surface area contributed by atoms with Gasteiger partial charge in [0.05, 0.1) is 0 Å². The molecular weight excluding hydrogens is 324 g/mol. The quantitative estimate of drug-likeness (QED) is 0.364. The fraction of sp³-hybridized carbons (Fsp3) is 0.611. The first-order chi connectivity index (χ1) is 11.7. The minimum atomic E-state index is 0.812. The van der Waals surface area contributed by atoms with E-state index in [9.17, 15) is 0 Å². The number of aliphatic imine (C=N–C) groups is 1. The van der Waals surface area contributed by atoms with Crippen molar-refractivity contribution in [2.45, 2.75) is 19.3 Å². The Morgan fingerprint density at radius 2 is 1.92 bits per heavy atom. The lowest BCUT2D eigenvalue weighted by Gasteiger charge is -2.18. The van der Waals surface area contributed by atoms with Gasteiger partial charge in [-0.1, -0.05) is 29.8 Å². The normalized spacial score (nSPS) is 11.8. The average Bonchev–Trinajstić information content (AvgIpc) is 2.58. The SMILES string of the molecule is CN=C(NCCCc1ccccc1Cl)NCCN(C)CCCOC. The molecule has 2 N–H and O–H groups in total. The van der Waals surface area contributed by atoms with Crippen LogP contribution < -0.4 is 10.6 Å². The van der Waals surface area contributed by atoms with Crippen LogP contribution >= 0.6 is 11.6 Å². The van der Waals surface area contributed by atoms with Crippen molar-refractivity contribution in [3.63, 3.8) is 0 Å². The van der Waals surface area contributed by atoms with Crippen LogP contribution in [0, 0.1) is 0 Å². The van der Waals surface area contributed by atoms with Gasteiger partial charge in [-0.15, -0.1) is 0 Å². The molecule has 0 aliphatic heterocycles. The molecule has 0 aliphatic carbocycles. The Balaban J connectivity index is 2.13. The third kappa shape index (κ3) is 9.11. The van der Waals surface area contributed by atoms with Gasteiger partial charge in [0.2, 0.25) is 0 Å². The van der Waals surface area contributed by atoms with Gasteiger partial charge < -0.3 is 20.3 Å². The molecular formula is C18H31ClN4O. The molecule has 0 heterocycles. The number of halogens is 1. The van der Waals surface area contributed by atoms with E-state index < -0.39 is 0 Å². The summed E-state index contributed by atoms with van der Waals surface area (Å²) in [5, 5.41) is 7.53. The molecule has 0 amide bonds. The second kappa shape index (κ2) is 13.0. The Kier molecular flexibility index (Phi) is 11.3. The minimum absolute atomic E-state index is 0.812. The zero-order chi connectivity index (χ0) is 17.6. The van der Waals surface area contributed by atoms with E-state index in [0.29, 0.717) is 0 Å². The first kappa shape index (κ1) is 20.7. The van der Waals surface area contributed by atoms with Gasteiger partial charge >= 0.3 is 0 Å². The van der Waals surface area contributed by atoms with Crippen LogP contribution in [0.5, 0.6) is 0 Å². The van der Waals surface area contributed by atoms with Gasteiger partial charge in [-0.05, 0) is 37.9 Å². The molecule has 0 bridgehead atoms. The third-order valence-electron chi connectivity index (χ3n) is 3.77. The predicted molar refractivity (Wildman–Crippen MR) is 103 cm³/mol. The van der Waals surface area contributed by atoms with Crippen LogP contribution in [0.4, 0.5) is 0 Å². The zero-order valence-electron chi connectivity index (χ0n) is 15.1. The number of guanidine groups is 1. The summed E-state index contributed by atoms with van der Waals surface area (Å²) >= 11 is 6.17. The standard InChI is InChI=1S/C18H31ClN4O/c1-20-18(22-12-14-23(2)13-7-15-24-3)21-11-6-9-16-8-4-5-10-17(16)19/h4-5,8,10H,6-7,9,11-15H2,1-3H3,(H2,20,21,22). The van der Waals surface area contributed by atoms with E-state index in [4.69, 9.17) is 16.3 Å². The number of likely N-dealkylation sites (N-methyl/N-ethyl adjacent to an activating group) is 1. The highest BCUT2D eigenvalue weighted by molar-refractivity contribution is 6.31. The average molecular weight is 355 g/mol. The summed E-state index contributed by atoms with van der Waals surface area (Å²) in [6, 6.07) is 8.00. The molecule has 1 aromatic rings. The van der Waals surface area contributed by atoms with Crippen molar-refractivity contribution < 1.29 is 4.74 Å². The summed E-state index contributed by atoms with van der Waals surface area (Å²) in [5.41, 5.74) is 1.20. The molecule has 24 heavy (non-hydrogen) atoms. The summed E-state index contributed by atoms with van der Waals surface area (Å²) in [4.78, 5) is 6.54. The summed E-state index contributed by atoms with van der Waals surface area (Å²) in [7, 11) is 5.66. The highest BCUT2D eigenvalue weighted by Crippen LogP contribution is 2.16. The van der Waals surface area contributed by atoms with Crippen molar-refractivity contribution in [1.82, 2.24) is 15.5 Å². The molecule has 0 fully saturated rings. The first-order valence-electron chi connectivity index (χ1n) is 8.52. The molecule has 136 valence electrons. The number of rotatable bonds is 11. The number of methoxy groups -OCH3 is 1. The van der Waals surface area contributed by atoms with Crippen molar-refractivity contribution in [3.05, 3.63) is 34.9 Å². The lowest BCUT2D eigenvalue weighted by molar-refractivity contribution is 0.180. The summed E-state index contributed by atoms with van der Waals surface area (Å²) in [6.07, 6.45) is 3.04. The number of benzene rings is 1. The number of nitrogens with one attached hydrogen (secondary N) is 2. The molecule has 0 unspecified atom stereocenters. The lowest BCUT2D eigenvalue weighted by Crippen LogP contribution is -2.41. The minimum Gasteiger partial charge on any atom is -0.385 e. The fourth-order valence-corrected chi connectivity index (χ4v) is 2.59. The van der Waals surface area contributed by atoms with Crippen molar-refractivity contribution in [2.24, 2.45) is 4.99 Å². The molecule has 0 radical (unpaired) electrons. The second-order valence-corrected chi connectivity index (χ2v) is 6.18. The summed E-state index contributed by atoms with van der Waals surface area (Å²) in [5.74, 6) is 0.847. The van der Waals surface area contributed by atoms with Crippen LogP contribution in [-0.2, 0) is 11.2 Å². The Morgan fingerprint density at radius 3 is 2.62 bits per heavy atom. The Morgan fingerprint density at radius 1 is 1.17 bits per heavy atom. The van der Waals surface area contributed by atoms with E-state index in [-0.39, 0.29) is 0 Å². The second-order valence-electron chi connectivity index (χ2n) is 5.77. The van der Waals surface area contributed by atoms with E-state index in [1.54, 1.807) is 14.2 Å². The number of ether oxygens (including phenoxy) is 1. The third-order valence-corrected chi connectivity index (χ3v) is 4.14. The van der Waals surface area contributed by atoms with Crippen LogP contribution in [0.2, 0.25) is 5.02 Å². The van der Waals surface area contributed by atoms with Crippen LogP contribution in [0.1, 0.15) is 18.4 Å². The first-order valence-corrected chi connectivity index (χ1v) is 8.90. The Labute approximate surface area is 151 Å². The van der Waals surface area contributed by atoms with Crippen molar-refractivity contribution in [3.8, 4) is 0 Å². The fourth-order valence-electron chi connectivity index (χ4n) is 2.36. The van der Waals surface area contributed by atoms with Crippen molar-refractivity contribution in [1.29, 1.82) is 0 Å². The number of hydrogen-bond acceptors (Lipinski definition) is 3. The lowest BCUT2D eigenvalue weighted by atomic mass is 10.1. The molecule has 1 aromatic carbocycles. The maximum atomic E-state index is 6.17. The highest BCUT2D eigenvalue weighted by Gasteiger charge is 2.02. The largest absolute Gasteiger partial charge is 0.385 e. The van der Waals surface area contributed by atoms with Gasteiger partial charge in [0, 0.05) is 52.0 Å². The van der Waals surface area contributed by atoms with Crippen LogP contribution in [-0.4, -0.2) is 64.9 Å². The smallest absolute Gasteiger partial charge is 0.191 e. The monoisotopic (exact) mass is 354 g/mol. The Hall–Kier alpha value is -1.30. The Bertz CT molecular complexity index is 482. The highest BCUT2D eigenvalue weighted by atomic mass is 35.5. The van der Waals surface area contributed by atoms with Gasteiger partial charge in [-0.25, -0.2) is 0 Å². The molecule has 0 saturated carbocycles. The van der Waals surface area contributed by atoms with E-state index >= 15 is 0 Å². The van der Waals surface area contributed by atoms with E-state index in [2.05, 4.69) is 33.6 Å². The van der Waals surface area contributed by atoms with Gasteiger partial charge in [0.1, 0.15) is 0 Å². The van der Waals surface area contributed by atoms with Crippen LogP contribution in [0.25, 0.3) is 0 Å². The van der Waals surface area contributed by atoms with E-state index in [1.165, 1.54) is 5.56 Å². The van der Waals surface area contributed by atoms with Gasteiger partial charge in [0.15, 0.2) is 5.96 Å². The van der Waals surface area contributed by atoms with Gasteiger partial charge in [-0.2, -0.15) is 0 Å². The molecule has 0 spiro atoms. The van der Waals surface area contributed by atoms with Gasteiger partial charge in [-0.3, -0.25) is 4.99 Å². The zero-order valence-corrected chi connectivity index (χ0v) is 15.9.